The van der Waals surface area contributed by atoms with Crippen molar-refractivity contribution in [3.05, 3.63) is 78.8 Å². The fourth-order valence-electron chi connectivity index (χ4n) is 2.99. The number of ether oxygens (including phenoxy) is 1. The average Bonchev–Trinajstić information content (AvgIpc) is 3.31. The molecule has 1 heterocycles. The number of furan rings is 1. The van der Waals surface area contributed by atoms with Crippen LogP contribution in [0.2, 0.25) is 0 Å². The van der Waals surface area contributed by atoms with E-state index in [-0.39, 0.29) is 30.5 Å². The lowest BCUT2D eigenvalue weighted by atomic mass is 10.3. The summed E-state index contributed by atoms with van der Waals surface area (Å²) in [5.74, 6) is 0.862. The molecule has 8 nitrogen and oxygen atoms in total. The van der Waals surface area contributed by atoms with E-state index in [9.17, 15) is 18.3 Å². The first-order valence-electron chi connectivity index (χ1n) is 10.00. The molecular formula is C23H26N2O6S. The molecule has 0 spiro atoms. The van der Waals surface area contributed by atoms with Crippen LogP contribution in [-0.2, 0) is 21.4 Å². The highest BCUT2D eigenvalue weighted by Gasteiger charge is 2.27. The number of aliphatic hydroxyl groups excluding tert-OH is 1. The molecule has 1 atom stereocenters. The Kier molecular flexibility index (Phi) is 7.68. The number of hydrogen-bond donors (Lipinski definition) is 1. The average molecular weight is 459 g/mol. The topological polar surface area (TPSA) is 100 Å². The fraction of sp³-hybridized carbons (Fsp3) is 0.261. The van der Waals surface area contributed by atoms with Gasteiger partial charge in [-0.05, 0) is 48.5 Å². The van der Waals surface area contributed by atoms with E-state index >= 15 is 0 Å². The van der Waals surface area contributed by atoms with Crippen LogP contribution in [0.1, 0.15) is 12.7 Å². The minimum absolute atomic E-state index is 0.0205. The zero-order valence-electron chi connectivity index (χ0n) is 17.9. The second kappa shape index (κ2) is 10.4. The highest BCUT2D eigenvalue weighted by molar-refractivity contribution is 7.89. The molecule has 0 saturated heterocycles. The molecular weight excluding hydrogens is 432 g/mol. The quantitative estimate of drug-likeness (QED) is 0.501. The molecule has 3 rings (SSSR count). The highest BCUT2D eigenvalue weighted by Crippen LogP contribution is 2.21. The SMILES string of the molecule is CC(=O)N(C)c1ccc(OCC(O)CN(Cc2ccco2)S(=O)(=O)c2ccccc2)cc1. The Bertz CT molecular complexity index is 1100. The Labute approximate surface area is 187 Å². The number of rotatable bonds is 10. The molecule has 0 saturated carbocycles. The summed E-state index contributed by atoms with van der Waals surface area (Å²) in [5.41, 5.74) is 0.712. The molecule has 0 radical (unpaired) electrons. The Balaban J connectivity index is 1.67. The van der Waals surface area contributed by atoms with Gasteiger partial charge in [0, 0.05) is 26.2 Å². The molecule has 0 bridgehead atoms. The molecule has 1 aromatic heterocycles. The van der Waals surface area contributed by atoms with Crippen LogP contribution in [0.3, 0.4) is 0 Å². The summed E-state index contributed by atoms with van der Waals surface area (Å²) in [6, 6.07) is 18.2. The Morgan fingerprint density at radius 1 is 1.06 bits per heavy atom. The van der Waals surface area contributed by atoms with Crippen molar-refractivity contribution in [1.82, 2.24) is 4.31 Å². The van der Waals surface area contributed by atoms with E-state index < -0.39 is 16.1 Å². The molecule has 0 fully saturated rings. The van der Waals surface area contributed by atoms with Gasteiger partial charge >= 0.3 is 0 Å². The predicted octanol–water partition coefficient (Wildman–Crippen LogP) is 2.89. The molecule has 0 aliphatic carbocycles. The van der Waals surface area contributed by atoms with Crippen molar-refractivity contribution in [1.29, 1.82) is 0 Å². The van der Waals surface area contributed by atoms with Crippen molar-refractivity contribution >= 4 is 21.6 Å². The van der Waals surface area contributed by atoms with Crippen LogP contribution in [0, 0.1) is 0 Å². The van der Waals surface area contributed by atoms with Crippen molar-refractivity contribution < 1.29 is 27.5 Å². The monoisotopic (exact) mass is 458 g/mol. The number of anilines is 1. The summed E-state index contributed by atoms with van der Waals surface area (Å²) in [4.78, 5) is 13.1. The first-order valence-corrected chi connectivity index (χ1v) is 11.4. The normalized spacial score (nSPS) is 12.5. The molecule has 170 valence electrons. The van der Waals surface area contributed by atoms with Crippen LogP contribution >= 0.6 is 0 Å². The van der Waals surface area contributed by atoms with Gasteiger partial charge in [-0.15, -0.1) is 0 Å². The first kappa shape index (κ1) is 23.5. The molecule has 1 amide bonds. The third kappa shape index (κ3) is 5.97. The number of carbonyl (C=O) groups excluding carboxylic acids is 1. The van der Waals surface area contributed by atoms with Gasteiger partial charge in [0.05, 0.1) is 17.7 Å². The number of hydrogen-bond acceptors (Lipinski definition) is 6. The Hall–Kier alpha value is -3.14. The largest absolute Gasteiger partial charge is 0.491 e. The second-order valence-corrected chi connectivity index (χ2v) is 9.16. The second-order valence-electron chi connectivity index (χ2n) is 7.23. The molecule has 0 aliphatic heterocycles. The van der Waals surface area contributed by atoms with Gasteiger partial charge < -0.3 is 19.2 Å². The fourth-order valence-corrected chi connectivity index (χ4v) is 4.46. The van der Waals surface area contributed by atoms with E-state index in [1.54, 1.807) is 61.6 Å². The standard InChI is InChI=1S/C23H26N2O6S/c1-18(26)24(2)19-10-12-21(13-11-19)31-17-20(27)15-25(16-22-7-6-14-30-22)32(28,29)23-8-4-3-5-9-23/h3-14,20,27H,15-17H2,1-2H3. The maximum absolute atomic E-state index is 13.1. The van der Waals surface area contributed by atoms with Crippen LogP contribution in [0.15, 0.2) is 82.3 Å². The molecule has 2 aromatic carbocycles. The lowest BCUT2D eigenvalue weighted by Gasteiger charge is -2.24. The van der Waals surface area contributed by atoms with Gasteiger partial charge in [0.15, 0.2) is 0 Å². The molecule has 32 heavy (non-hydrogen) atoms. The van der Waals surface area contributed by atoms with Crippen LogP contribution in [0.5, 0.6) is 5.75 Å². The number of benzene rings is 2. The molecule has 0 aliphatic rings. The van der Waals surface area contributed by atoms with E-state index in [4.69, 9.17) is 9.15 Å². The van der Waals surface area contributed by atoms with Crippen LogP contribution in [0.25, 0.3) is 0 Å². The van der Waals surface area contributed by atoms with Gasteiger partial charge in [0.25, 0.3) is 0 Å². The van der Waals surface area contributed by atoms with Gasteiger partial charge in [0.1, 0.15) is 24.2 Å². The summed E-state index contributed by atoms with van der Waals surface area (Å²) in [6.07, 6.45) is 0.387. The van der Waals surface area contributed by atoms with E-state index in [0.29, 0.717) is 17.2 Å². The first-order chi connectivity index (χ1) is 15.3. The van der Waals surface area contributed by atoms with Crippen molar-refractivity contribution in [2.75, 3.05) is 25.1 Å². The summed E-state index contributed by atoms with van der Waals surface area (Å²) in [6.45, 7) is 1.16. The summed E-state index contributed by atoms with van der Waals surface area (Å²) < 4.78 is 38.3. The van der Waals surface area contributed by atoms with Gasteiger partial charge in [-0.2, -0.15) is 4.31 Å². The molecule has 9 heteroatoms. The molecule has 3 aromatic rings. The maximum Gasteiger partial charge on any atom is 0.243 e. The third-order valence-corrected chi connectivity index (χ3v) is 6.67. The van der Waals surface area contributed by atoms with Crippen LogP contribution in [-0.4, -0.2) is 50.0 Å². The maximum atomic E-state index is 13.1. The number of sulfonamides is 1. The Morgan fingerprint density at radius 2 is 1.75 bits per heavy atom. The van der Waals surface area contributed by atoms with E-state index in [1.807, 2.05) is 0 Å². The minimum Gasteiger partial charge on any atom is -0.491 e. The highest BCUT2D eigenvalue weighted by atomic mass is 32.2. The van der Waals surface area contributed by atoms with Crippen molar-refractivity contribution in [2.45, 2.75) is 24.5 Å². The number of aliphatic hydroxyl groups is 1. The number of nitrogens with zero attached hydrogens (tertiary/aromatic N) is 2. The zero-order valence-corrected chi connectivity index (χ0v) is 18.7. The van der Waals surface area contributed by atoms with Gasteiger partial charge in [0.2, 0.25) is 15.9 Å². The van der Waals surface area contributed by atoms with E-state index in [1.165, 1.54) is 34.5 Å². The lowest BCUT2D eigenvalue weighted by molar-refractivity contribution is -0.116. The third-order valence-electron chi connectivity index (χ3n) is 4.85. The van der Waals surface area contributed by atoms with E-state index in [0.717, 1.165) is 0 Å². The number of amides is 1. The lowest BCUT2D eigenvalue weighted by Crippen LogP contribution is -2.39. The van der Waals surface area contributed by atoms with Crippen molar-refractivity contribution in [3.8, 4) is 5.75 Å². The van der Waals surface area contributed by atoms with E-state index in [2.05, 4.69) is 0 Å². The van der Waals surface area contributed by atoms with Gasteiger partial charge in [-0.25, -0.2) is 8.42 Å². The Morgan fingerprint density at radius 3 is 2.34 bits per heavy atom. The zero-order chi connectivity index (χ0) is 23.1. The predicted molar refractivity (Wildman–Crippen MR) is 120 cm³/mol. The molecule has 1 unspecified atom stereocenters. The van der Waals surface area contributed by atoms with Gasteiger partial charge in [-0.1, -0.05) is 18.2 Å². The molecule has 1 N–H and O–H groups in total. The minimum atomic E-state index is -3.86. The van der Waals surface area contributed by atoms with Crippen molar-refractivity contribution in [3.63, 3.8) is 0 Å². The van der Waals surface area contributed by atoms with Crippen LogP contribution in [0.4, 0.5) is 5.69 Å². The van der Waals surface area contributed by atoms with Crippen molar-refractivity contribution in [2.24, 2.45) is 0 Å². The number of carbonyl (C=O) groups is 1. The summed E-state index contributed by atoms with van der Waals surface area (Å²) >= 11 is 0. The summed E-state index contributed by atoms with van der Waals surface area (Å²) in [7, 11) is -2.19. The smallest absolute Gasteiger partial charge is 0.243 e. The summed E-state index contributed by atoms with van der Waals surface area (Å²) in [5, 5.41) is 10.5. The van der Waals surface area contributed by atoms with Gasteiger partial charge in [-0.3, -0.25) is 4.79 Å². The van der Waals surface area contributed by atoms with Crippen LogP contribution < -0.4 is 9.64 Å².